The Labute approximate surface area is 342 Å². The molecular weight excluding hydrogens is 727 g/mol. The van der Waals surface area contributed by atoms with E-state index >= 15 is 0 Å². The topological polar surface area (TPSA) is 160 Å². The maximum Gasteiger partial charge on any atom is 0.329 e. The van der Waals surface area contributed by atoms with Gasteiger partial charge in [0.05, 0.1) is 24.4 Å². The van der Waals surface area contributed by atoms with E-state index in [2.05, 4.69) is 27.7 Å². The number of hydrogen-bond donors (Lipinski definition) is 3. The zero-order chi connectivity index (χ0) is 42.2. The molecule has 57 heavy (non-hydrogen) atoms. The van der Waals surface area contributed by atoms with E-state index in [1.807, 2.05) is 26.0 Å². The van der Waals surface area contributed by atoms with E-state index in [0.717, 1.165) is 32.1 Å². The number of allylic oxidation sites excluding steroid dienone is 3. The molecule has 3 heterocycles. The molecule has 3 N–H and O–H groups in total. The van der Waals surface area contributed by atoms with Crippen LogP contribution in [0.25, 0.3) is 0 Å². The smallest absolute Gasteiger partial charge is 0.329 e. The van der Waals surface area contributed by atoms with Crippen molar-refractivity contribution >= 4 is 23.4 Å². The molecule has 1 aliphatic carbocycles. The highest BCUT2D eigenvalue weighted by Gasteiger charge is 2.55. The minimum Gasteiger partial charge on any atom is -0.456 e. The minimum atomic E-state index is -2.34. The number of Topliss-reactive ketones (excluding diaryl/α,β-unsaturated/α-hetero) is 2. The molecule has 11 heteroatoms. The van der Waals surface area contributed by atoms with E-state index in [-0.39, 0.29) is 54.9 Å². The van der Waals surface area contributed by atoms with Gasteiger partial charge in [-0.2, -0.15) is 0 Å². The number of fused-ring (bicyclic) bond motifs is 3. The van der Waals surface area contributed by atoms with Crippen molar-refractivity contribution in [2.24, 2.45) is 41.4 Å². The van der Waals surface area contributed by atoms with Gasteiger partial charge in [0.15, 0.2) is 5.78 Å². The molecule has 1 saturated carbocycles. The van der Waals surface area contributed by atoms with Gasteiger partial charge in [0.1, 0.15) is 12.1 Å². The second-order valence-corrected chi connectivity index (χ2v) is 18.1. The lowest BCUT2D eigenvalue weighted by molar-refractivity contribution is -0.285. The minimum absolute atomic E-state index is 0.0169. The molecule has 14 atom stereocenters. The average Bonchev–Trinajstić information content (AvgIpc) is 3.20. The average molecular weight is 802 g/mol. The first-order valence-electron chi connectivity index (χ1n) is 22.3. The van der Waals surface area contributed by atoms with Crippen molar-refractivity contribution in [3.8, 4) is 0 Å². The first-order valence-corrected chi connectivity index (χ1v) is 22.3. The second-order valence-electron chi connectivity index (χ2n) is 18.1. The zero-order valence-corrected chi connectivity index (χ0v) is 36.4. The molecule has 3 aliphatic heterocycles. The molecule has 324 valence electrons. The van der Waals surface area contributed by atoms with E-state index in [1.165, 1.54) is 4.90 Å². The first-order chi connectivity index (χ1) is 27.0. The number of methoxy groups -OCH3 is 1. The molecule has 4 aliphatic rings. The fourth-order valence-electron chi connectivity index (χ4n) is 10.3. The van der Waals surface area contributed by atoms with E-state index in [0.29, 0.717) is 62.0 Å². The highest BCUT2D eigenvalue weighted by Crippen LogP contribution is 2.44. The van der Waals surface area contributed by atoms with Crippen LogP contribution in [0.1, 0.15) is 145 Å². The molecular formula is C46H75NO10. The van der Waals surface area contributed by atoms with Gasteiger partial charge in [-0.1, -0.05) is 79.9 Å². The second kappa shape index (κ2) is 21.2. The van der Waals surface area contributed by atoms with E-state index in [1.54, 1.807) is 21.0 Å². The number of rotatable bonds is 7. The Balaban J connectivity index is 1.78. The van der Waals surface area contributed by atoms with Gasteiger partial charge >= 0.3 is 5.97 Å². The summed E-state index contributed by atoms with van der Waals surface area (Å²) in [6, 6.07) is -1.08. The van der Waals surface area contributed by atoms with Gasteiger partial charge in [-0.05, 0) is 112 Å². The van der Waals surface area contributed by atoms with Crippen LogP contribution in [0, 0.1) is 41.4 Å². The van der Waals surface area contributed by atoms with Crippen molar-refractivity contribution in [3.63, 3.8) is 0 Å². The van der Waals surface area contributed by atoms with Gasteiger partial charge < -0.3 is 34.4 Å². The van der Waals surface area contributed by atoms with Crippen LogP contribution in [0.4, 0.5) is 0 Å². The van der Waals surface area contributed by atoms with Crippen LogP contribution in [0.15, 0.2) is 23.3 Å². The zero-order valence-electron chi connectivity index (χ0n) is 36.4. The van der Waals surface area contributed by atoms with Gasteiger partial charge in [-0.25, -0.2) is 4.79 Å². The van der Waals surface area contributed by atoms with Gasteiger partial charge in [-0.15, -0.1) is 0 Å². The van der Waals surface area contributed by atoms with Gasteiger partial charge in [0.25, 0.3) is 11.7 Å². The van der Waals surface area contributed by atoms with Crippen LogP contribution in [-0.4, -0.2) is 99.7 Å². The van der Waals surface area contributed by atoms with E-state index < -0.39 is 65.7 Å². The molecule has 4 rings (SSSR count). The lowest BCUT2D eigenvalue weighted by atomic mass is 9.72. The van der Waals surface area contributed by atoms with Crippen LogP contribution in [0.2, 0.25) is 0 Å². The Kier molecular flexibility index (Phi) is 17.6. The van der Waals surface area contributed by atoms with Crippen molar-refractivity contribution in [1.29, 1.82) is 0 Å². The number of amides is 1. The van der Waals surface area contributed by atoms with E-state index in [9.17, 15) is 34.5 Å². The molecule has 0 spiro atoms. The molecule has 11 nitrogen and oxygen atoms in total. The van der Waals surface area contributed by atoms with Crippen molar-refractivity contribution in [2.45, 2.75) is 188 Å². The molecule has 2 bridgehead atoms. The summed E-state index contributed by atoms with van der Waals surface area (Å²) in [4.78, 5) is 58.1. The third-order valence-electron chi connectivity index (χ3n) is 14.1. The SMILES string of the molecule is CCC1=CC(C)C[C@H](CC)C[C@H](CC)[C@H]2O[C@@](O)(C(=O)C(=O)N3CCCCC3C(=O)O[C@H](C(C)=C[C@@H]3CC[C@@H](O)[C@H](OC)C3)[C@H](C)[C@@H](O)CC1=O)[C@H](C)C[C@@H]2CC. The Hall–Kier alpha value is -2.44. The number of carbonyl (C=O) groups is 4. The lowest BCUT2D eigenvalue weighted by Gasteiger charge is -2.48. The van der Waals surface area contributed by atoms with Gasteiger partial charge in [0, 0.05) is 31.9 Å². The number of ketones is 2. The Morgan fingerprint density at radius 1 is 0.912 bits per heavy atom. The summed E-state index contributed by atoms with van der Waals surface area (Å²) < 4.78 is 18.4. The molecule has 2 unspecified atom stereocenters. The number of carbonyl (C=O) groups excluding carboxylic acids is 4. The Morgan fingerprint density at radius 2 is 1.60 bits per heavy atom. The molecule has 0 aromatic carbocycles. The number of hydrogen-bond acceptors (Lipinski definition) is 10. The molecule has 3 fully saturated rings. The summed E-state index contributed by atoms with van der Waals surface area (Å²) >= 11 is 0. The number of piperidine rings is 1. The van der Waals surface area contributed by atoms with Crippen molar-refractivity contribution in [3.05, 3.63) is 23.3 Å². The number of esters is 1. The van der Waals surface area contributed by atoms with Crippen LogP contribution in [-0.2, 0) is 33.4 Å². The van der Waals surface area contributed by atoms with Crippen LogP contribution < -0.4 is 0 Å². The molecule has 0 radical (unpaired) electrons. The standard InChI is InChI=1S/C46H75NO10/c1-10-31-20-27(5)21-33(11-2)39(50)26-38(49)30(8)41(28(6)22-32-17-18-37(48)40(25-32)55-9)56-45(53)36-16-14-15-19-47(36)44(52)43(51)46(54)29(7)23-34(12-3)42(57-46)35(13-4)24-31/h21-22,27,29-32,34-38,40-42,48-49,54H,10-20,23-26H2,1-9H3/t27?,29-,30-,31+,32+,34+,35+,36?,37-,38+,40-,41-,42+,46-/m1/s1. The summed E-state index contributed by atoms with van der Waals surface area (Å²) in [7, 11) is 1.58. The van der Waals surface area contributed by atoms with Crippen molar-refractivity contribution in [2.75, 3.05) is 13.7 Å². The molecule has 1 amide bonds. The summed E-state index contributed by atoms with van der Waals surface area (Å²) in [6.07, 6.45) is 8.97. The summed E-state index contributed by atoms with van der Waals surface area (Å²) in [5, 5.41) is 34.3. The number of ether oxygens (including phenoxy) is 3. The van der Waals surface area contributed by atoms with Crippen LogP contribution in [0.5, 0.6) is 0 Å². The predicted octanol–water partition coefficient (Wildman–Crippen LogP) is 6.89. The monoisotopic (exact) mass is 802 g/mol. The Morgan fingerprint density at radius 3 is 2.23 bits per heavy atom. The fraction of sp³-hybridized carbons (Fsp3) is 0.826. The molecule has 0 aromatic heterocycles. The third-order valence-corrected chi connectivity index (χ3v) is 14.1. The summed E-state index contributed by atoms with van der Waals surface area (Å²) in [5.41, 5.74) is 1.36. The lowest BCUT2D eigenvalue weighted by Crippen LogP contribution is -2.62. The van der Waals surface area contributed by atoms with Crippen LogP contribution >= 0.6 is 0 Å². The van der Waals surface area contributed by atoms with Crippen molar-refractivity contribution in [1.82, 2.24) is 4.90 Å². The molecule has 2 saturated heterocycles. The first kappa shape index (κ1) is 47.2. The largest absolute Gasteiger partial charge is 0.456 e. The van der Waals surface area contributed by atoms with Gasteiger partial charge in [0.2, 0.25) is 5.79 Å². The van der Waals surface area contributed by atoms with E-state index in [4.69, 9.17) is 14.2 Å². The maximum absolute atomic E-state index is 14.3. The number of aliphatic hydroxyl groups is 3. The highest BCUT2D eigenvalue weighted by atomic mass is 16.6. The van der Waals surface area contributed by atoms with Crippen molar-refractivity contribution < 1.29 is 48.7 Å². The summed E-state index contributed by atoms with van der Waals surface area (Å²) in [6.45, 7) is 16.0. The summed E-state index contributed by atoms with van der Waals surface area (Å²) in [5.74, 6) is -6.00. The Bertz CT molecular complexity index is 1440. The maximum atomic E-state index is 14.3. The third kappa shape index (κ3) is 11.2. The molecule has 0 aromatic rings. The number of cyclic esters (lactones) is 1. The number of nitrogens with zero attached hydrogens (tertiary/aromatic N) is 1. The van der Waals surface area contributed by atoms with Gasteiger partial charge in [-0.3, -0.25) is 14.4 Å². The highest BCUT2D eigenvalue weighted by molar-refractivity contribution is 6.39. The quantitative estimate of drug-likeness (QED) is 0.141. The normalized spacial score (nSPS) is 40.1. The van der Waals surface area contributed by atoms with Crippen LogP contribution in [0.3, 0.4) is 0 Å². The number of aliphatic hydroxyl groups excluding tert-OH is 2. The predicted molar refractivity (Wildman–Crippen MR) is 219 cm³/mol. The fourth-order valence-corrected chi connectivity index (χ4v) is 10.3.